The van der Waals surface area contributed by atoms with Crippen LogP contribution in [0.3, 0.4) is 0 Å². The summed E-state index contributed by atoms with van der Waals surface area (Å²) in [4.78, 5) is 16.8. The molecule has 2 heterocycles. The summed E-state index contributed by atoms with van der Waals surface area (Å²) in [5.41, 5.74) is 2.07. The Kier molecular flexibility index (Phi) is 5.63. The highest BCUT2D eigenvalue weighted by Gasteiger charge is 2.23. The highest BCUT2D eigenvalue weighted by atomic mass is 16.7. The summed E-state index contributed by atoms with van der Waals surface area (Å²) in [5.74, 6) is 1.08. The van der Waals surface area contributed by atoms with E-state index in [0.717, 1.165) is 25.3 Å². The van der Waals surface area contributed by atoms with E-state index in [-0.39, 0.29) is 18.3 Å². The first-order chi connectivity index (χ1) is 14.2. The van der Waals surface area contributed by atoms with Crippen molar-refractivity contribution in [2.45, 2.75) is 6.54 Å². The molecule has 4 rings (SSSR count). The van der Waals surface area contributed by atoms with Gasteiger partial charge >= 0.3 is 0 Å². The monoisotopic (exact) mass is 390 g/mol. The van der Waals surface area contributed by atoms with Crippen molar-refractivity contribution >= 4 is 11.6 Å². The molecule has 29 heavy (non-hydrogen) atoms. The molecule has 0 aromatic heterocycles. The van der Waals surface area contributed by atoms with Crippen molar-refractivity contribution in [2.24, 2.45) is 0 Å². The normalized spacial score (nSPS) is 16.4. The third-order valence-corrected chi connectivity index (χ3v) is 5.02. The van der Waals surface area contributed by atoms with Crippen LogP contribution in [0, 0.1) is 11.3 Å². The minimum Gasteiger partial charge on any atom is -0.454 e. The molecule has 0 spiro atoms. The largest absolute Gasteiger partial charge is 0.454 e. The van der Waals surface area contributed by atoms with Crippen LogP contribution in [-0.2, 0) is 11.3 Å². The first-order valence-electron chi connectivity index (χ1n) is 9.55. The number of benzene rings is 2. The third-order valence-electron chi connectivity index (χ3n) is 5.02. The molecule has 7 heteroatoms. The van der Waals surface area contributed by atoms with Gasteiger partial charge in [-0.3, -0.25) is 9.69 Å². The Morgan fingerprint density at radius 2 is 1.83 bits per heavy atom. The minimum atomic E-state index is -0.250. The Labute approximate surface area is 169 Å². The smallest absolute Gasteiger partial charge is 0.266 e. The number of hydrogen-bond donors (Lipinski definition) is 1. The van der Waals surface area contributed by atoms with E-state index in [0.29, 0.717) is 24.6 Å². The van der Waals surface area contributed by atoms with E-state index in [2.05, 4.69) is 22.3 Å². The average Bonchev–Trinajstić information content (AvgIpc) is 3.23. The van der Waals surface area contributed by atoms with Gasteiger partial charge in [0, 0.05) is 50.7 Å². The number of piperazine rings is 1. The summed E-state index contributed by atoms with van der Waals surface area (Å²) in [6, 6.07) is 17.7. The van der Waals surface area contributed by atoms with E-state index in [4.69, 9.17) is 9.47 Å². The number of rotatable bonds is 5. The number of ether oxygens (including phenoxy) is 2. The lowest BCUT2D eigenvalue weighted by molar-refractivity contribution is -0.128. The van der Waals surface area contributed by atoms with Crippen molar-refractivity contribution in [1.29, 1.82) is 5.26 Å². The van der Waals surface area contributed by atoms with Crippen LogP contribution in [0.15, 0.2) is 60.3 Å². The molecule has 0 radical (unpaired) electrons. The van der Waals surface area contributed by atoms with Crippen molar-refractivity contribution in [3.8, 4) is 17.6 Å². The van der Waals surface area contributed by atoms with Gasteiger partial charge in [0.25, 0.3) is 5.91 Å². The van der Waals surface area contributed by atoms with Crippen molar-refractivity contribution < 1.29 is 14.3 Å². The number of carbonyl (C=O) groups is 1. The maximum Gasteiger partial charge on any atom is 0.266 e. The quantitative estimate of drug-likeness (QED) is 0.625. The highest BCUT2D eigenvalue weighted by Crippen LogP contribution is 2.34. The van der Waals surface area contributed by atoms with Crippen LogP contribution in [0.4, 0.5) is 5.69 Å². The first kappa shape index (κ1) is 18.8. The third kappa shape index (κ3) is 4.50. The number of anilines is 1. The SMILES string of the molecule is N#C/C(=C/Nc1ccc2c(c1)OCO2)C(=O)N1CCN(Cc2ccccc2)CC1. The molecule has 1 saturated heterocycles. The Bertz CT molecular complexity index is 944. The van der Waals surface area contributed by atoms with E-state index >= 15 is 0 Å². The molecule has 2 aromatic carbocycles. The molecule has 0 aliphatic carbocycles. The zero-order chi connectivity index (χ0) is 20.1. The molecular formula is C22H22N4O3. The minimum absolute atomic E-state index is 0.0826. The van der Waals surface area contributed by atoms with E-state index in [1.165, 1.54) is 11.8 Å². The van der Waals surface area contributed by atoms with Crippen molar-refractivity contribution in [1.82, 2.24) is 9.80 Å². The summed E-state index contributed by atoms with van der Waals surface area (Å²) in [6.45, 7) is 3.86. The predicted octanol–water partition coefficient (Wildman–Crippen LogP) is 2.58. The fraction of sp³-hybridized carbons (Fsp3) is 0.273. The lowest BCUT2D eigenvalue weighted by atomic mass is 10.2. The number of nitrogens with zero attached hydrogens (tertiary/aromatic N) is 3. The Hall–Kier alpha value is -3.50. The van der Waals surface area contributed by atoms with Gasteiger partial charge in [0.1, 0.15) is 11.6 Å². The molecule has 0 bridgehead atoms. The number of carbonyl (C=O) groups excluding carboxylic acids is 1. The van der Waals surface area contributed by atoms with E-state index in [1.54, 1.807) is 17.0 Å². The molecule has 1 fully saturated rings. The molecule has 0 unspecified atom stereocenters. The molecule has 2 aliphatic rings. The van der Waals surface area contributed by atoms with Gasteiger partial charge < -0.3 is 19.7 Å². The second-order valence-corrected chi connectivity index (χ2v) is 6.94. The summed E-state index contributed by atoms with van der Waals surface area (Å²) in [7, 11) is 0. The second kappa shape index (κ2) is 8.67. The summed E-state index contributed by atoms with van der Waals surface area (Å²) in [5, 5.41) is 12.5. The molecule has 1 N–H and O–H groups in total. The Morgan fingerprint density at radius 3 is 2.59 bits per heavy atom. The van der Waals surface area contributed by atoms with Gasteiger partial charge in [0.2, 0.25) is 6.79 Å². The van der Waals surface area contributed by atoms with Crippen molar-refractivity contribution in [2.75, 3.05) is 38.3 Å². The van der Waals surface area contributed by atoms with Crippen LogP contribution >= 0.6 is 0 Å². The standard InChI is InChI=1S/C22H22N4O3/c23-13-18(14-24-19-6-7-20-21(12-19)29-16-28-20)22(27)26-10-8-25(9-11-26)15-17-4-2-1-3-5-17/h1-7,12,14,24H,8-11,15-16H2/b18-14-. The lowest BCUT2D eigenvalue weighted by Crippen LogP contribution is -2.48. The predicted molar refractivity (Wildman–Crippen MR) is 108 cm³/mol. The van der Waals surface area contributed by atoms with Crippen LogP contribution in [0.5, 0.6) is 11.5 Å². The number of hydrogen-bond acceptors (Lipinski definition) is 6. The van der Waals surface area contributed by atoms with Crippen LogP contribution in [-0.4, -0.2) is 48.7 Å². The maximum atomic E-state index is 12.7. The van der Waals surface area contributed by atoms with Crippen LogP contribution in [0.2, 0.25) is 0 Å². The lowest BCUT2D eigenvalue weighted by Gasteiger charge is -2.34. The summed E-state index contributed by atoms with van der Waals surface area (Å²) in [6.07, 6.45) is 1.45. The van der Waals surface area contributed by atoms with Gasteiger partial charge in [-0.05, 0) is 17.7 Å². The van der Waals surface area contributed by atoms with Gasteiger partial charge in [-0.1, -0.05) is 30.3 Å². The Morgan fingerprint density at radius 1 is 1.07 bits per heavy atom. The molecule has 2 aromatic rings. The zero-order valence-corrected chi connectivity index (χ0v) is 16.0. The molecule has 148 valence electrons. The summed E-state index contributed by atoms with van der Waals surface area (Å²) < 4.78 is 10.6. The van der Waals surface area contributed by atoms with Gasteiger partial charge in [0.15, 0.2) is 11.5 Å². The van der Waals surface area contributed by atoms with Gasteiger partial charge in [-0.25, -0.2) is 0 Å². The van der Waals surface area contributed by atoms with Crippen LogP contribution in [0.25, 0.3) is 0 Å². The van der Waals surface area contributed by atoms with Crippen molar-refractivity contribution in [3.63, 3.8) is 0 Å². The second-order valence-electron chi connectivity index (χ2n) is 6.94. The van der Waals surface area contributed by atoms with Crippen LogP contribution in [0.1, 0.15) is 5.56 Å². The number of nitrogens with one attached hydrogen (secondary N) is 1. The molecule has 0 saturated carbocycles. The molecule has 1 amide bonds. The fourth-order valence-electron chi connectivity index (χ4n) is 3.40. The molecule has 2 aliphatic heterocycles. The molecule has 7 nitrogen and oxygen atoms in total. The molecular weight excluding hydrogens is 368 g/mol. The Balaban J connectivity index is 1.33. The van der Waals surface area contributed by atoms with Gasteiger partial charge in [-0.15, -0.1) is 0 Å². The van der Waals surface area contributed by atoms with E-state index in [1.807, 2.05) is 30.3 Å². The highest BCUT2D eigenvalue weighted by molar-refractivity contribution is 5.97. The molecule has 0 atom stereocenters. The topological polar surface area (TPSA) is 77.8 Å². The van der Waals surface area contributed by atoms with Gasteiger partial charge in [-0.2, -0.15) is 5.26 Å². The maximum absolute atomic E-state index is 12.7. The van der Waals surface area contributed by atoms with Crippen molar-refractivity contribution in [3.05, 3.63) is 65.9 Å². The number of fused-ring (bicyclic) bond motifs is 1. The number of nitriles is 1. The number of amides is 1. The van der Waals surface area contributed by atoms with Gasteiger partial charge in [0.05, 0.1) is 0 Å². The average molecular weight is 390 g/mol. The van der Waals surface area contributed by atoms with E-state index < -0.39 is 0 Å². The van der Waals surface area contributed by atoms with E-state index in [9.17, 15) is 10.1 Å². The van der Waals surface area contributed by atoms with Crippen LogP contribution < -0.4 is 14.8 Å². The fourth-order valence-corrected chi connectivity index (χ4v) is 3.40. The first-order valence-corrected chi connectivity index (χ1v) is 9.55. The zero-order valence-electron chi connectivity index (χ0n) is 16.0. The summed E-state index contributed by atoms with van der Waals surface area (Å²) >= 11 is 0.